The van der Waals surface area contributed by atoms with Gasteiger partial charge in [-0.25, -0.2) is 4.79 Å². The molecule has 0 amide bonds. The third-order valence-electron chi connectivity index (χ3n) is 2.84. The summed E-state index contributed by atoms with van der Waals surface area (Å²) in [5, 5.41) is 19.8. The van der Waals surface area contributed by atoms with Crippen LogP contribution in [0.3, 0.4) is 0 Å². The topological polar surface area (TPSA) is 103 Å². The highest BCUT2D eigenvalue weighted by Crippen LogP contribution is 2.29. The predicted octanol–water partition coefficient (Wildman–Crippen LogP) is 3.08. The van der Waals surface area contributed by atoms with E-state index in [1.54, 1.807) is 26.0 Å². The van der Waals surface area contributed by atoms with Crippen molar-refractivity contribution in [1.82, 2.24) is 0 Å². The van der Waals surface area contributed by atoms with Crippen LogP contribution >= 0.6 is 0 Å². The van der Waals surface area contributed by atoms with Gasteiger partial charge < -0.3 is 14.3 Å². The summed E-state index contributed by atoms with van der Waals surface area (Å²) in [6.45, 7) is 3.31. The molecular formula is C14H13NO6. The Kier molecular flexibility index (Phi) is 3.93. The van der Waals surface area contributed by atoms with Crippen LogP contribution in [0.15, 0.2) is 28.7 Å². The molecule has 2 aromatic rings. The van der Waals surface area contributed by atoms with Crippen molar-refractivity contribution in [1.29, 1.82) is 0 Å². The summed E-state index contributed by atoms with van der Waals surface area (Å²) >= 11 is 0. The standard InChI is InChI=1S/C14H13NO6/c1-8-3-4-11(15(18)19)12(5-8)20-7-10-6-9(2)13(21-10)14(16)17/h3-6H,7H2,1-2H3,(H,16,17). The molecule has 0 saturated heterocycles. The summed E-state index contributed by atoms with van der Waals surface area (Å²) in [7, 11) is 0. The molecule has 0 spiro atoms. The van der Waals surface area contributed by atoms with Gasteiger partial charge in [0, 0.05) is 11.6 Å². The van der Waals surface area contributed by atoms with Gasteiger partial charge in [-0.15, -0.1) is 0 Å². The van der Waals surface area contributed by atoms with Crippen molar-refractivity contribution in [3.63, 3.8) is 0 Å². The summed E-state index contributed by atoms with van der Waals surface area (Å²) in [4.78, 5) is 21.3. The first-order valence-electron chi connectivity index (χ1n) is 6.09. The van der Waals surface area contributed by atoms with Gasteiger partial charge in [0.25, 0.3) is 0 Å². The van der Waals surface area contributed by atoms with E-state index in [4.69, 9.17) is 14.3 Å². The van der Waals surface area contributed by atoms with Gasteiger partial charge in [0.2, 0.25) is 5.76 Å². The second-order valence-electron chi connectivity index (χ2n) is 4.55. The molecule has 0 atom stereocenters. The predicted molar refractivity (Wildman–Crippen MR) is 72.6 cm³/mol. The number of carboxylic acids is 1. The highest BCUT2D eigenvalue weighted by molar-refractivity contribution is 5.86. The number of carboxylic acid groups (broad SMARTS) is 1. The number of aryl methyl sites for hydroxylation is 2. The lowest BCUT2D eigenvalue weighted by atomic mass is 10.2. The molecule has 0 aliphatic heterocycles. The second-order valence-corrected chi connectivity index (χ2v) is 4.55. The van der Waals surface area contributed by atoms with Gasteiger partial charge in [0.1, 0.15) is 12.4 Å². The van der Waals surface area contributed by atoms with Crippen molar-refractivity contribution < 1.29 is 24.0 Å². The first-order valence-corrected chi connectivity index (χ1v) is 6.09. The fraction of sp³-hybridized carbons (Fsp3) is 0.214. The Morgan fingerprint density at radius 1 is 1.38 bits per heavy atom. The average molecular weight is 291 g/mol. The van der Waals surface area contributed by atoms with E-state index in [0.717, 1.165) is 5.56 Å². The lowest BCUT2D eigenvalue weighted by molar-refractivity contribution is -0.386. The molecule has 7 nitrogen and oxygen atoms in total. The SMILES string of the molecule is Cc1ccc([N+](=O)[O-])c(OCc2cc(C)c(C(=O)O)o2)c1. The van der Waals surface area contributed by atoms with E-state index >= 15 is 0 Å². The minimum Gasteiger partial charge on any atom is -0.479 e. The van der Waals surface area contributed by atoms with E-state index in [0.29, 0.717) is 11.3 Å². The van der Waals surface area contributed by atoms with Crippen LogP contribution in [0.5, 0.6) is 5.75 Å². The number of nitro groups is 1. The summed E-state index contributed by atoms with van der Waals surface area (Å²) in [5.41, 5.74) is 1.14. The zero-order chi connectivity index (χ0) is 15.6. The van der Waals surface area contributed by atoms with Crippen molar-refractivity contribution in [3.8, 4) is 5.75 Å². The van der Waals surface area contributed by atoms with E-state index < -0.39 is 10.9 Å². The highest BCUT2D eigenvalue weighted by Gasteiger charge is 2.18. The Morgan fingerprint density at radius 2 is 2.10 bits per heavy atom. The van der Waals surface area contributed by atoms with Crippen LogP contribution in [-0.4, -0.2) is 16.0 Å². The van der Waals surface area contributed by atoms with Gasteiger partial charge >= 0.3 is 11.7 Å². The molecule has 0 unspecified atom stereocenters. The molecule has 0 fully saturated rings. The largest absolute Gasteiger partial charge is 0.479 e. The lowest BCUT2D eigenvalue weighted by Crippen LogP contribution is -1.99. The Hall–Kier alpha value is -2.83. The smallest absolute Gasteiger partial charge is 0.372 e. The van der Waals surface area contributed by atoms with Gasteiger partial charge in [-0.3, -0.25) is 10.1 Å². The summed E-state index contributed by atoms with van der Waals surface area (Å²) in [6.07, 6.45) is 0. The van der Waals surface area contributed by atoms with Gasteiger partial charge in [0.05, 0.1) is 4.92 Å². The molecule has 0 bridgehead atoms. The Bertz CT molecular complexity index is 703. The summed E-state index contributed by atoms with van der Waals surface area (Å²) < 4.78 is 10.5. The molecule has 1 aromatic carbocycles. The first kappa shape index (κ1) is 14.6. The number of ether oxygens (including phenoxy) is 1. The fourth-order valence-corrected chi connectivity index (χ4v) is 1.87. The molecular weight excluding hydrogens is 278 g/mol. The molecule has 1 aromatic heterocycles. The van der Waals surface area contributed by atoms with Crippen LogP contribution in [-0.2, 0) is 6.61 Å². The zero-order valence-electron chi connectivity index (χ0n) is 11.5. The van der Waals surface area contributed by atoms with E-state index in [2.05, 4.69) is 0 Å². The Morgan fingerprint density at radius 3 is 2.67 bits per heavy atom. The maximum Gasteiger partial charge on any atom is 0.372 e. The normalized spacial score (nSPS) is 10.4. The molecule has 0 saturated carbocycles. The number of hydrogen-bond acceptors (Lipinski definition) is 5. The molecule has 1 N–H and O–H groups in total. The van der Waals surface area contributed by atoms with E-state index in [1.807, 2.05) is 0 Å². The van der Waals surface area contributed by atoms with Crippen molar-refractivity contribution in [2.45, 2.75) is 20.5 Å². The van der Waals surface area contributed by atoms with Crippen LogP contribution in [0, 0.1) is 24.0 Å². The third kappa shape index (κ3) is 3.19. The number of aromatic carboxylic acids is 1. The maximum atomic E-state index is 10.9. The van der Waals surface area contributed by atoms with Gasteiger partial charge in [0.15, 0.2) is 5.75 Å². The number of nitrogens with zero attached hydrogens (tertiary/aromatic N) is 1. The molecule has 0 radical (unpaired) electrons. The average Bonchev–Trinajstić information content (AvgIpc) is 2.77. The lowest BCUT2D eigenvalue weighted by Gasteiger charge is -2.05. The summed E-state index contributed by atoms with van der Waals surface area (Å²) in [5.74, 6) is -0.917. The first-order chi connectivity index (χ1) is 9.88. The molecule has 1 heterocycles. The number of carbonyl (C=O) groups is 1. The minimum atomic E-state index is -1.17. The van der Waals surface area contributed by atoms with Gasteiger partial charge in [-0.1, -0.05) is 6.07 Å². The maximum absolute atomic E-state index is 10.9. The van der Waals surface area contributed by atoms with Crippen LogP contribution in [0.25, 0.3) is 0 Å². The zero-order valence-corrected chi connectivity index (χ0v) is 11.5. The molecule has 7 heteroatoms. The molecule has 110 valence electrons. The molecule has 0 aliphatic carbocycles. The van der Waals surface area contributed by atoms with E-state index in [1.165, 1.54) is 12.1 Å². The second kappa shape index (κ2) is 5.66. The highest BCUT2D eigenvalue weighted by atomic mass is 16.6. The number of nitro benzene ring substituents is 1. The van der Waals surface area contributed by atoms with Crippen LogP contribution < -0.4 is 4.74 Å². The third-order valence-corrected chi connectivity index (χ3v) is 2.84. The molecule has 21 heavy (non-hydrogen) atoms. The van der Waals surface area contributed by atoms with E-state index in [9.17, 15) is 14.9 Å². The number of furan rings is 1. The van der Waals surface area contributed by atoms with Crippen LogP contribution in [0.2, 0.25) is 0 Å². The van der Waals surface area contributed by atoms with Crippen LogP contribution in [0.1, 0.15) is 27.4 Å². The van der Waals surface area contributed by atoms with Gasteiger partial charge in [-0.2, -0.15) is 0 Å². The van der Waals surface area contributed by atoms with Gasteiger partial charge in [-0.05, 0) is 31.5 Å². The molecule has 2 rings (SSSR count). The van der Waals surface area contributed by atoms with Crippen molar-refractivity contribution in [3.05, 3.63) is 57.0 Å². The number of hydrogen-bond donors (Lipinski definition) is 1. The fourth-order valence-electron chi connectivity index (χ4n) is 1.87. The summed E-state index contributed by atoms with van der Waals surface area (Å²) in [6, 6.07) is 6.06. The Balaban J connectivity index is 2.20. The monoisotopic (exact) mass is 291 g/mol. The quantitative estimate of drug-likeness (QED) is 0.670. The molecule has 0 aliphatic rings. The number of benzene rings is 1. The van der Waals surface area contributed by atoms with Crippen molar-refractivity contribution in [2.75, 3.05) is 0 Å². The van der Waals surface area contributed by atoms with E-state index in [-0.39, 0.29) is 23.8 Å². The van der Waals surface area contributed by atoms with Crippen LogP contribution in [0.4, 0.5) is 5.69 Å². The number of rotatable bonds is 5. The Labute approximate surface area is 119 Å². The minimum absolute atomic E-state index is 0.0849. The van der Waals surface area contributed by atoms with Crippen molar-refractivity contribution in [2.24, 2.45) is 0 Å². The van der Waals surface area contributed by atoms with Crippen molar-refractivity contribution >= 4 is 11.7 Å².